The lowest BCUT2D eigenvalue weighted by Gasteiger charge is -2.12. The molecule has 28 heavy (non-hydrogen) atoms. The molecule has 0 atom stereocenters. The number of halogens is 3. The summed E-state index contributed by atoms with van der Waals surface area (Å²) in [6.45, 7) is 0.180. The Morgan fingerprint density at radius 2 is 1.82 bits per heavy atom. The summed E-state index contributed by atoms with van der Waals surface area (Å²) in [4.78, 5) is 12.2. The van der Waals surface area contributed by atoms with Crippen molar-refractivity contribution >= 4 is 40.3 Å². The minimum atomic E-state index is -4.42. The Bertz CT molecular complexity index is 929. The Balaban J connectivity index is 1.60. The van der Waals surface area contributed by atoms with Gasteiger partial charge in [0.25, 0.3) is 5.91 Å². The first-order valence-electron chi connectivity index (χ1n) is 8.10. The number of alkyl halides is 3. The number of hydrogen-bond acceptors (Lipinski definition) is 5. The lowest BCUT2D eigenvalue weighted by Crippen LogP contribution is -2.17. The molecule has 1 N–H and O–H groups in total. The van der Waals surface area contributed by atoms with Gasteiger partial charge in [0, 0.05) is 5.56 Å². The predicted octanol–water partition coefficient (Wildman–Crippen LogP) is 4.65. The van der Waals surface area contributed by atoms with Crippen LogP contribution in [0.4, 0.5) is 13.2 Å². The summed E-state index contributed by atoms with van der Waals surface area (Å²) in [5.74, 6) is 0.368. The molecule has 1 aliphatic rings. The fraction of sp³-hybridized carbons (Fsp3) is 0.158. The van der Waals surface area contributed by atoms with Crippen LogP contribution in [-0.2, 0) is 11.0 Å². The number of amides is 1. The van der Waals surface area contributed by atoms with Crippen molar-refractivity contribution in [3.63, 3.8) is 0 Å². The Labute approximate surface area is 168 Å². The van der Waals surface area contributed by atoms with Crippen LogP contribution in [-0.4, -0.2) is 23.4 Å². The third-order valence-corrected chi connectivity index (χ3v) is 4.78. The van der Waals surface area contributed by atoms with E-state index >= 15 is 0 Å². The van der Waals surface area contributed by atoms with Crippen molar-refractivity contribution in [1.82, 2.24) is 5.32 Å². The lowest BCUT2D eigenvalue weighted by atomic mass is 10.2. The minimum absolute atomic E-state index is 0.0610. The molecular formula is C19H14F3NO3S2. The summed E-state index contributed by atoms with van der Waals surface area (Å²) >= 11 is 6.12. The zero-order valence-electron chi connectivity index (χ0n) is 14.3. The Morgan fingerprint density at radius 1 is 1.07 bits per heavy atom. The summed E-state index contributed by atoms with van der Waals surface area (Å²) in [5.41, 5.74) is -0.0861. The summed E-state index contributed by atoms with van der Waals surface area (Å²) < 4.78 is 49.5. The van der Waals surface area contributed by atoms with Crippen LogP contribution in [0.15, 0.2) is 53.4 Å². The zero-order chi connectivity index (χ0) is 20.1. The van der Waals surface area contributed by atoms with Crippen LogP contribution < -0.4 is 14.8 Å². The molecular weight excluding hydrogens is 411 g/mol. The Kier molecular flexibility index (Phi) is 6.25. The molecule has 2 aromatic carbocycles. The SMILES string of the molecule is O=C1NC(=S)SC1=Cc1ccccc1OCCOc1cccc(C(F)(F)F)c1. The van der Waals surface area contributed by atoms with Crippen molar-refractivity contribution in [3.8, 4) is 11.5 Å². The van der Waals surface area contributed by atoms with Crippen molar-refractivity contribution in [3.05, 3.63) is 64.6 Å². The van der Waals surface area contributed by atoms with E-state index in [1.807, 2.05) is 0 Å². The quantitative estimate of drug-likeness (QED) is 0.415. The molecule has 0 unspecified atom stereocenters. The number of rotatable bonds is 6. The Hall–Kier alpha value is -2.52. The molecule has 0 spiro atoms. The zero-order valence-corrected chi connectivity index (χ0v) is 15.9. The summed E-state index contributed by atoms with van der Waals surface area (Å²) in [5, 5.41) is 2.54. The summed E-state index contributed by atoms with van der Waals surface area (Å²) in [6, 6.07) is 11.7. The van der Waals surface area contributed by atoms with Gasteiger partial charge < -0.3 is 14.8 Å². The average Bonchev–Trinajstić information content (AvgIpc) is 2.96. The number of ether oxygens (including phenoxy) is 2. The number of para-hydroxylation sites is 1. The van der Waals surface area contributed by atoms with Gasteiger partial charge in [0.1, 0.15) is 29.0 Å². The van der Waals surface area contributed by atoms with E-state index in [0.29, 0.717) is 20.5 Å². The van der Waals surface area contributed by atoms with Gasteiger partial charge in [-0.2, -0.15) is 13.2 Å². The molecule has 1 aliphatic heterocycles. The van der Waals surface area contributed by atoms with E-state index in [2.05, 4.69) is 5.32 Å². The third kappa shape index (κ3) is 5.26. The second-order valence-electron chi connectivity index (χ2n) is 5.61. The highest BCUT2D eigenvalue weighted by Gasteiger charge is 2.30. The molecule has 1 fully saturated rings. The second-order valence-corrected chi connectivity index (χ2v) is 7.33. The first kappa shape index (κ1) is 20.2. The van der Waals surface area contributed by atoms with Gasteiger partial charge in [-0.25, -0.2) is 0 Å². The molecule has 0 aliphatic carbocycles. The number of carbonyl (C=O) groups excluding carboxylic acids is 1. The van der Waals surface area contributed by atoms with Crippen molar-refractivity contribution in [2.24, 2.45) is 0 Å². The maximum atomic E-state index is 12.7. The maximum absolute atomic E-state index is 12.7. The lowest BCUT2D eigenvalue weighted by molar-refractivity contribution is -0.137. The molecule has 0 saturated carbocycles. The number of benzene rings is 2. The molecule has 0 aromatic heterocycles. The number of thiocarbonyl (C=S) groups is 1. The van der Waals surface area contributed by atoms with Crippen LogP contribution in [0, 0.1) is 0 Å². The van der Waals surface area contributed by atoms with Gasteiger partial charge in [-0.15, -0.1) is 0 Å². The summed E-state index contributed by atoms with van der Waals surface area (Å²) in [7, 11) is 0. The van der Waals surface area contributed by atoms with Gasteiger partial charge in [0.05, 0.1) is 10.5 Å². The van der Waals surface area contributed by atoms with Crippen molar-refractivity contribution in [2.75, 3.05) is 13.2 Å². The maximum Gasteiger partial charge on any atom is 0.416 e. The van der Waals surface area contributed by atoms with E-state index < -0.39 is 11.7 Å². The monoisotopic (exact) mass is 425 g/mol. The van der Waals surface area contributed by atoms with Crippen LogP contribution >= 0.6 is 24.0 Å². The van der Waals surface area contributed by atoms with E-state index in [-0.39, 0.29) is 24.9 Å². The fourth-order valence-corrected chi connectivity index (χ4v) is 3.40. The normalized spacial score (nSPS) is 15.6. The van der Waals surface area contributed by atoms with Crippen LogP contribution in [0.5, 0.6) is 11.5 Å². The number of thioether (sulfide) groups is 1. The minimum Gasteiger partial charge on any atom is -0.490 e. The average molecular weight is 425 g/mol. The van der Waals surface area contributed by atoms with Gasteiger partial charge in [-0.1, -0.05) is 48.2 Å². The standard InChI is InChI=1S/C19H14F3NO3S2/c20-19(21,22)13-5-3-6-14(11-13)25-8-9-26-15-7-2-1-4-12(15)10-16-17(24)23-18(27)28-16/h1-7,10-11H,8-9H2,(H,23,24,27). The highest BCUT2D eigenvalue weighted by Crippen LogP contribution is 2.31. The van der Waals surface area contributed by atoms with Gasteiger partial charge in [0.2, 0.25) is 0 Å². The van der Waals surface area contributed by atoms with Crippen molar-refractivity contribution in [1.29, 1.82) is 0 Å². The Morgan fingerprint density at radius 3 is 2.54 bits per heavy atom. The fourth-order valence-electron chi connectivity index (χ4n) is 2.37. The van der Waals surface area contributed by atoms with Gasteiger partial charge >= 0.3 is 6.18 Å². The molecule has 146 valence electrons. The molecule has 2 aromatic rings. The van der Waals surface area contributed by atoms with E-state index in [0.717, 1.165) is 12.1 Å². The number of hydrogen-bond donors (Lipinski definition) is 1. The van der Waals surface area contributed by atoms with Crippen LogP contribution in [0.3, 0.4) is 0 Å². The molecule has 0 bridgehead atoms. The van der Waals surface area contributed by atoms with Crippen LogP contribution in [0.1, 0.15) is 11.1 Å². The number of nitrogens with one attached hydrogen (secondary N) is 1. The molecule has 0 radical (unpaired) electrons. The first-order valence-corrected chi connectivity index (χ1v) is 9.32. The second kappa shape index (κ2) is 8.66. The highest BCUT2D eigenvalue weighted by molar-refractivity contribution is 8.26. The topological polar surface area (TPSA) is 47.6 Å². The van der Waals surface area contributed by atoms with Crippen LogP contribution in [0.25, 0.3) is 6.08 Å². The van der Waals surface area contributed by atoms with Crippen LogP contribution in [0.2, 0.25) is 0 Å². The van der Waals surface area contributed by atoms with Gasteiger partial charge in [0.15, 0.2) is 0 Å². The smallest absolute Gasteiger partial charge is 0.416 e. The number of carbonyl (C=O) groups is 1. The predicted molar refractivity (Wildman–Crippen MR) is 105 cm³/mol. The van der Waals surface area contributed by atoms with E-state index in [1.165, 1.54) is 23.9 Å². The largest absolute Gasteiger partial charge is 0.490 e. The molecule has 1 saturated heterocycles. The van der Waals surface area contributed by atoms with E-state index in [4.69, 9.17) is 21.7 Å². The molecule has 3 rings (SSSR count). The first-order chi connectivity index (χ1) is 13.3. The van der Waals surface area contributed by atoms with Crippen molar-refractivity contribution in [2.45, 2.75) is 6.18 Å². The molecule has 9 heteroatoms. The molecule has 4 nitrogen and oxygen atoms in total. The highest BCUT2D eigenvalue weighted by atomic mass is 32.2. The third-order valence-electron chi connectivity index (χ3n) is 3.62. The molecule has 1 heterocycles. The summed E-state index contributed by atoms with van der Waals surface area (Å²) in [6.07, 6.45) is -2.75. The van der Waals surface area contributed by atoms with E-state index in [9.17, 15) is 18.0 Å². The van der Waals surface area contributed by atoms with Gasteiger partial charge in [-0.3, -0.25) is 4.79 Å². The van der Waals surface area contributed by atoms with Crippen molar-refractivity contribution < 1.29 is 27.4 Å². The van der Waals surface area contributed by atoms with Gasteiger partial charge in [-0.05, 0) is 30.3 Å². The van der Waals surface area contributed by atoms with E-state index in [1.54, 1.807) is 30.3 Å². The molecule has 1 amide bonds.